The van der Waals surface area contributed by atoms with Crippen LogP contribution in [0.4, 0.5) is 10.5 Å². The number of thioether (sulfide) groups is 1. The van der Waals surface area contributed by atoms with Crippen molar-refractivity contribution in [2.75, 3.05) is 50.8 Å². The molecule has 2 saturated heterocycles. The number of carbonyl (C=O) groups is 3. The molecule has 0 bridgehead atoms. The predicted molar refractivity (Wildman–Crippen MR) is 151 cm³/mol. The van der Waals surface area contributed by atoms with Gasteiger partial charge in [-0.15, -0.1) is 0 Å². The summed E-state index contributed by atoms with van der Waals surface area (Å²) >= 11 is 13.2. The monoisotopic (exact) mass is 577 g/mol. The molecule has 0 aliphatic carbocycles. The number of hydrogen-bond acceptors (Lipinski definition) is 7. The average molecular weight is 579 g/mol. The van der Waals surface area contributed by atoms with Crippen molar-refractivity contribution >= 4 is 63.8 Å². The van der Waals surface area contributed by atoms with Gasteiger partial charge in [0.25, 0.3) is 11.1 Å². The van der Waals surface area contributed by atoms with Crippen molar-refractivity contribution in [2.24, 2.45) is 0 Å². The first kappa shape index (κ1) is 28.3. The van der Waals surface area contributed by atoms with E-state index in [1.165, 1.54) is 0 Å². The van der Waals surface area contributed by atoms with E-state index in [-0.39, 0.29) is 24.0 Å². The number of carbonyl (C=O) groups excluding carboxylic acids is 3. The van der Waals surface area contributed by atoms with Crippen molar-refractivity contribution in [1.82, 2.24) is 9.80 Å². The number of ether oxygens (including phenoxy) is 2. The largest absolute Gasteiger partial charge is 0.488 e. The number of imide groups is 1. The maximum absolute atomic E-state index is 13.1. The summed E-state index contributed by atoms with van der Waals surface area (Å²) in [7, 11) is 0. The second-order valence-electron chi connectivity index (χ2n) is 8.68. The highest BCUT2D eigenvalue weighted by Crippen LogP contribution is 2.36. The van der Waals surface area contributed by atoms with Gasteiger partial charge in [0.05, 0.1) is 18.1 Å². The molecule has 2 aromatic carbocycles. The van der Waals surface area contributed by atoms with Gasteiger partial charge in [-0.3, -0.25) is 19.3 Å². The maximum Gasteiger partial charge on any atom is 0.294 e. The fourth-order valence-electron chi connectivity index (χ4n) is 4.17. The molecule has 2 fully saturated rings. The number of hydrogen-bond donors (Lipinski definition) is 0. The minimum atomic E-state index is -0.499. The average Bonchev–Trinajstić information content (AvgIpc) is 3.17. The molecule has 0 unspecified atom stereocenters. The lowest BCUT2D eigenvalue weighted by Gasteiger charge is -2.28. The van der Waals surface area contributed by atoms with Crippen LogP contribution in [0.15, 0.2) is 41.3 Å². The fraction of sp³-hybridized carbons (Fsp3) is 0.370. The van der Waals surface area contributed by atoms with E-state index >= 15 is 0 Å². The zero-order chi connectivity index (χ0) is 27.2. The van der Waals surface area contributed by atoms with Gasteiger partial charge >= 0.3 is 0 Å². The Kier molecular flexibility index (Phi) is 9.59. The number of rotatable bonds is 9. The summed E-state index contributed by atoms with van der Waals surface area (Å²) in [6, 6.07) is 10.9. The third-order valence-electron chi connectivity index (χ3n) is 6.34. The molecule has 2 heterocycles. The lowest BCUT2D eigenvalue weighted by molar-refractivity contribution is -0.139. The van der Waals surface area contributed by atoms with Gasteiger partial charge in [-0.25, -0.2) is 0 Å². The van der Waals surface area contributed by atoms with E-state index in [0.717, 1.165) is 41.0 Å². The Labute approximate surface area is 236 Å². The molecule has 4 rings (SSSR count). The molecule has 0 aromatic heterocycles. The molecule has 2 aliphatic heterocycles. The van der Waals surface area contributed by atoms with Crippen LogP contribution in [0.3, 0.4) is 0 Å². The fourth-order valence-corrected chi connectivity index (χ4v) is 5.46. The summed E-state index contributed by atoms with van der Waals surface area (Å²) < 4.78 is 11.4. The summed E-state index contributed by atoms with van der Waals surface area (Å²) in [4.78, 5) is 43.4. The van der Waals surface area contributed by atoms with Crippen LogP contribution in [0.1, 0.15) is 25.0 Å². The van der Waals surface area contributed by atoms with Crippen molar-refractivity contribution in [3.05, 3.63) is 62.5 Å². The maximum atomic E-state index is 13.1. The molecule has 0 N–H and O–H groups in total. The molecule has 3 amide bonds. The van der Waals surface area contributed by atoms with Gasteiger partial charge in [-0.1, -0.05) is 29.3 Å². The molecule has 0 saturated carbocycles. The van der Waals surface area contributed by atoms with Gasteiger partial charge in [0.1, 0.15) is 18.9 Å². The first-order chi connectivity index (χ1) is 18.3. The lowest BCUT2D eigenvalue weighted by Crippen LogP contribution is -2.46. The minimum Gasteiger partial charge on any atom is -0.488 e. The molecule has 0 spiro atoms. The standard InChI is InChI=1S/C27H29Cl2N3O5S/c1-3-30(4-2)21-8-6-18(23(15-21)37-17-19-5-7-20(28)14-22(19)29)13-24-26(34)32(27(35)38-24)16-25(33)31-9-11-36-12-10-31/h5-8,13-15H,3-4,9-12,16-17H2,1-2H3/b24-13+. The highest BCUT2D eigenvalue weighted by molar-refractivity contribution is 8.18. The van der Waals surface area contributed by atoms with E-state index in [4.69, 9.17) is 32.7 Å². The lowest BCUT2D eigenvalue weighted by atomic mass is 10.1. The Morgan fingerprint density at radius 1 is 1.11 bits per heavy atom. The quantitative estimate of drug-likeness (QED) is 0.373. The highest BCUT2D eigenvalue weighted by atomic mass is 35.5. The Bertz CT molecular complexity index is 1250. The van der Waals surface area contributed by atoms with Crippen LogP contribution in [0.5, 0.6) is 5.75 Å². The Morgan fingerprint density at radius 2 is 1.84 bits per heavy atom. The second kappa shape index (κ2) is 12.9. The molecule has 38 heavy (non-hydrogen) atoms. The van der Waals surface area contributed by atoms with Crippen LogP contribution in [0.25, 0.3) is 6.08 Å². The number of halogens is 2. The van der Waals surface area contributed by atoms with Crippen LogP contribution in [-0.2, 0) is 20.9 Å². The number of morpholine rings is 1. The molecule has 11 heteroatoms. The Hall–Kier alpha value is -2.72. The molecule has 202 valence electrons. The van der Waals surface area contributed by atoms with Gasteiger partial charge < -0.3 is 19.3 Å². The number of nitrogens with zero attached hydrogens (tertiary/aromatic N) is 3. The zero-order valence-electron chi connectivity index (χ0n) is 21.2. The Morgan fingerprint density at radius 3 is 2.53 bits per heavy atom. The van der Waals surface area contributed by atoms with Gasteiger partial charge in [0.2, 0.25) is 5.91 Å². The van der Waals surface area contributed by atoms with Crippen molar-refractivity contribution in [3.8, 4) is 5.75 Å². The van der Waals surface area contributed by atoms with E-state index in [0.29, 0.717) is 47.7 Å². The number of benzene rings is 2. The van der Waals surface area contributed by atoms with Gasteiger partial charge in [0, 0.05) is 59.1 Å². The predicted octanol–water partition coefficient (Wildman–Crippen LogP) is 5.31. The van der Waals surface area contributed by atoms with E-state index in [1.54, 1.807) is 29.2 Å². The van der Waals surface area contributed by atoms with Crippen LogP contribution >= 0.6 is 35.0 Å². The van der Waals surface area contributed by atoms with E-state index in [9.17, 15) is 14.4 Å². The molecule has 8 nitrogen and oxygen atoms in total. The summed E-state index contributed by atoms with van der Waals surface area (Å²) in [5, 5.41) is 0.550. The first-order valence-electron chi connectivity index (χ1n) is 12.4. The summed E-state index contributed by atoms with van der Waals surface area (Å²) in [5.41, 5.74) is 2.36. The minimum absolute atomic E-state index is 0.189. The number of anilines is 1. The first-order valence-corrected chi connectivity index (χ1v) is 13.9. The topological polar surface area (TPSA) is 79.4 Å². The van der Waals surface area contributed by atoms with E-state index < -0.39 is 11.1 Å². The van der Waals surface area contributed by atoms with Crippen molar-refractivity contribution in [1.29, 1.82) is 0 Å². The van der Waals surface area contributed by atoms with Crippen molar-refractivity contribution in [2.45, 2.75) is 20.5 Å². The molecule has 2 aliphatic rings. The highest BCUT2D eigenvalue weighted by Gasteiger charge is 2.37. The van der Waals surface area contributed by atoms with Crippen LogP contribution in [-0.4, -0.2) is 72.8 Å². The molecule has 0 radical (unpaired) electrons. The van der Waals surface area contributed by atoms with E-state index in [2.05, 4.69) is 18.7 Å². The molecule has 2 aromatic rings. The summed E-state index contributed by atoms with van der Waals surface area (Å²) in [6.07, 6.45) is 1.63. The van der Waals surface area contributed by atoms with Crippen molar-refractivity contribution < 1.29 is 23.9 Å². The Balaban J connectivity index is 1.57. The van der Waals surface area contributed by atoms with Gasteiger partial charge in [-0.2, -0.15) is 0 Å². The third kappa shape index (κ3) is 6.64. The molecular formula is C27H29Cl2N3O5S. The second-order valence-corrected chi connectivity index (χ2v) is 10.5. The smallest absolute Gasteiger partial charge is 0.294 e. The van der Waals surface area contributed by atoms with E-state index in [1.807, 2.05) is 18.2 Å². The van der Waals surface area contributed by atoms with Crippen molar-refractivity contribution in [3.63, 3.8) is 0 Å². The van der Waals surface area contributed by atoms with Crippen LogP contribution in [0.2, 0.25) is 10.0 Å². The normalized spacial score (nSPS) is 16.9. The summed E-state index contributed by atoms with van der Waals surface area (Å²) in [6.45, 7) is 7.45. The van der Waals surface area contributed by atoms with Gasteiger partial charge in [-0.05, 0) is 56.0 Å². The number of amides is 3. The molecule has 0 atom stereocenters. The molecular weight excluding hydrogens is 549 g/mol. The van der Waals surface area contributed by atoms with Crippen LogP contribution in [0, 0.1) is 0 Å². The van der Waals surface area contributed by atoms with Gasteiger partial charge in [0.15, 0.2) is 0 Å². The SMILES string of the molecule is CCN(CC)c1ccc(/C=C2/SC(=O)N(CC(=O)N3CCOCC3)C2=O)c(OCc2ccc(Cl)cc2Cl)c1. The zero-order valence-corrected chi connectivity index (χ0v) is 23.6. The third-order valence-corrected chi connectivity index (χ3v) is 7.84. The van der Waals surface area contributed by atoms with Crippen LogP contribution < -0.4 is 9.64 Å². The summed E-state index contributed by atoms with van der Waals surface area (Å²) in [5.74, 6) is -0.234.